The van der Waals surface area contributed by atoms with Crippen molar-refractivity contribution in [1.82, 2.24) is 4.98 Å². The van der Waals surface area contributed by atoms with Crippen molar-refractivity contribution in [3.05, 3.63) is 68.5 Å². The zero-order chi connectivity index (χ0) is 18.0. The largest absolute Gasteiger partial charge is 0.376 e. The van der Waals surface area contributed by atoms with Crippen molar-refractivity contribution in [1.29, 1.82) is 0 Å². The zero-order valence-electron chi connectivity index (χ0n) is 14.2. The molecule has 0 aliphatic rings. The number of para-hydroxylation sites is 1. The zero-order valence-corrected chi connectivity index (χ0v) is 16.6. The third-order valence-corrected chi connectivity index (χ3v) is 5.21. The number of thiazole rings is 1. The Kier molecular flexibility index (Phi) is 5.20. The Morgan fingerprint density at radius 2 is 1.88 bits per heavy atom. The van der Waals surface area contributed by atoms with E-state index in [1.807, 2.05) is 68.4 Å². The molecule has 0 amide bonds. The van der Waals surface area contributed by atoms with Crippen molar-refractivity contribution in [2.75, 3.05) is 24.3 Å². The Balaban J connectivity index is 1.96. The van der Waals surface area contributed by atoms with Crippen molar-refractivity contribution < 1.29 is 4.79 Å². The number of carbonyl (C=O) groups is 1. The van der Waals surface area contributed by atoms with Crippen LogP contribution in [0.3, 0.4) is 0 Å². The molecular formula is C19H18BrN3OS. The van der Waals surface area contributed by atoms with Crippen molar-refractivity contribution >= 4 is 50.2 Å². The molecule has 0 aliphatic heterocycles. The third kappa shape index (κ3) is 3.75. The molecule has 0 unspecified atom stereocenters. The van der Waals surface area contributed by atoms with E-state index in [9.17, 15) is 4.79 Å². The van der Waals surface area contributed by atoms with Crippen molar-refractivity contribution in [2.45, 2.75) is 6.92 Å². The Morgan fingerprint density at radius 1 is 1.16 bits per heavy atom. The van der Waals surface area contributed by atoms with Crippen LogP contribution in [0, 0.1) is 6.92 Å². The standard InChI is InChI=1S/C19H18BrN3OS/c1-12-5-4-6-15(23(2)3)16(12)22-19-18(25-11-21-19)17(24)13-7-9-14(20)10-8-13/h4-11,22H,1-3H3. The molecule has 6 heteroatoms. The predicted molar refractivity (Wildman–Crippen MR) is 108 cm³/mol. The molecule has 128 valence electrons. The van der Waals surface area contributed by atoms with Gasteiger partial charge in [0.1, 0.15) is 4.88 Å². The number of aryl methyl sites for hydroxylation is 1. The average molecular weight is 416 g/mol. The van der Waals surface area contributed by atoms with Gasteiger partial charge in [-0.1, -0.05) is 28.1 Å². The van der Waals surface area contributed by atoms with E-state index in [1.165, 1.54) is 11.3 Å². The molecular weight excluding hydrogens is 398 g/mol. The van der Waals surface area contributed by atoms with Crippen LogP contribution < -0.4 is 10.2 Å². The molecule has 2 aromatic carbocycles. The van der Waals surface area contributed by atoms with E-state index < -0.39 is 0 Å². The van der Waals surface area contributed by atoms with Crippen LogP contribution in [0.5, 0.6) is 0 Å². The maximum Gasteiger partial charge on any atom is 0.206 e. The number of anilines is 3. The van der Waals surface area contributed by atoms with E-state index in [2.05, 4.69) is 26.2 Å². The van der Waals surface area contributed by atoms with Gasteiger partial charge in [0, 0.05) is 24.1 Å². The molecule has 3 aromatic rings. The Labute approximate surface area is 159 Å². The predicted octanol–water partition coefficient (Wildman–Crippen LogP) is 5.25. The number of hydrogen-bond donors (Lipinski definition) is 1. The van der Waals surface area contributed by atoms with Crippen molar-refractivity contribution in [2.24, 2.45) is 0 Å². The number of hydrogen-bond acceptors (Lipinski definition) is 5. The minimum absolute atomic E-state index is 0.0301. The highest BCUT2D eigenvalue weighted by atomic mass is 79.9. The van der Waals surface area contributed by atoms with Gasteiger partial charge in [-0.15, -0.1) is 11.3 Å². The maximum atomic E-state index is 12.8. The summed E-state index contributed by atoms with van der Waals surface area (Å²) in [6.45, 7) is 2.04. The summed E-state index contributed by atoms with van der Waals surface area (Å²) in [5.41, 5.74) is 5.45. The molecule has 0 saturated heterocycles. The van der Waals surface area contributed by atoms with Gasteiger partial charge in [0.2, 0.25) is 5.78 Å². The first kappa shape index (κ1) is 17.6. The van der Waals surface area contributed by atoms with E-state index in [0.29, 0.717) is 16.3 Å². The Bertz CT molecular complexity index is 903. The fourth-order valence-electron chi connectivity index (χ4n) is 2.53. The number of nitrogens with zero attached hydrogens (tertiary/aromatic N) is 2. The lowest BCUT2D eigenvalue weighted by molar-refractivity contribution is 0.104. The van der Waals surface area contributed by atoms with Crippen LogP contribution in [-0.2, 0) is 0 Å². The molecule has 3 rings (SSSR count). The molecule has 0 aliphatic carbocycles. The number of nitrogens with one attached hydrogen (secondary N) is 1. The van der Waals surface area contributed by atoms with Crippen LogP contribution >= 0.6 is 27.3 Å². The van der Waals surface area contributed by atoms with Crippen molar-refractivity contribution in [3.8, 4) is 0 Å². The lowest BCUT2D eigenvalue weighted by atomic mass is 10.1. The van der Waals surface area contributed by atoms with Crippen LogP contribution in [0.1, 0.15) is 20.8 Å². The van der Waals surface area contributed by atoms with Crippen molar-refractivity contribution in [3.63, 3.8) is 0 Å². The molecule has 25 heavy (non-hydrogen) atoms. The van der Waals surface area contributed by atoms with Crippen LogP contribution in [0.25, 0.3) is 0 Å². The summed E-state index contributed by atoms with van der Waals surface area (Å²) in [6, 6.07) is 13.5. The van der Waals surface area contributed by atoms with E-state index in [1.54, 1.807) is 5.51 Å². The SMILES string of the molecule is Cc1cccc(N(C)C)c1Nc1ncsc1C(=O)c1ccc(Br)cc1. The van der Waals surface area contributed by atoms with E-state index in [-0.39, 0.29) is 5.78 Å². The number of aromatic nitrogens is 1. The minimum Gasteiger partial charge on any atom is -0.376 e. The van der Waals surface area contributed by atoms with Gasteiger partial charge >= 0.3 is 0 Å². The third-order valence-electron chi connectivity index (χ3n) is 3.86. The smallest absolute Gasteiger partial charge is 0.206 e. The first-order valence-electron chi connectivity index (χ1n) is 7.75. The van der Waals surface area contributed by atoms with Crippen LogP contribution in [0.15, 0.2) is 52.4 Å². The summed E-state index contributed by atoms with van der Waals surface area (Å²) in [7, 11) is 3.99. The second-order valence-corrected chi connectivity index (χ2v) is 7.63. The molecule has 0 fully saturated rings. The van der Waals surface area contributed by atoms with Gasteiger partial charge in [-0.2, -0.15) is 0 Å². The lowest BCUT2D eigenvalue weighted by Crippen LogP contribution is -2.12. The van der Waals surface area contributed by atoms with Crippen LogP contribution in [0.2, 0.25) is 0 Å². The topological polar surface area (TPSA) is 45.2 Å². The quantitative estimate of drug-likeness (QED) is 0.577. The van der Waals surface area contributed by atoms with Gasteiger partial charge in [-0.05, 0) is 42.8 Å². The fourth-order valence-corrected chi connectivity index (χ4v) is 3.50. The first-order chi connectivity index (χ1) is 12.0. The molecule has 1 heterocycles. The lowest BCUT2D eigenvalue weighted by Gasteiger charge is -2.20. The van der Waals surface area contributed by atoms with E-state index in [0.717, 1.165) is 21.4 Å². The molecule has 0 atom stereocenters. The van der Waals surface area contributed by atoms with E-state index >= 15 is 0 Å². The van der Waals surface area contributed by atoms with Crippen LogP contribution in [0.4, 0.5) is 17.2 Å². The highest BCUT2D eigenvalue weighted by Gasteiger charge is 2.18. The molecule has 1 N–H and O–H groups in total. The molecule has 0 bridgehead atoms. The number of ketones is 1. The summed E-state index contributed by atoms with van der Waals surface area (Å²) in [5.74, 6) is 0.563. The van der Waals surface area contributed by atoms with E-state index in [4.69, 9.17) is 0 Å². The molecule has 0 spiro atoms. The monoisotopic (exact) mass is 415 g/mol. The summed E-state index contributed by atoms with van der Waals surface area (Å²) >= 11 is 4.74. The van der Waals surface area contributed by atoms with Gasteiger partial charge in [0.15, 0.2) is 5.82 Å². The average Bonchev–Trinajstić information content (AvgIpc) is 3.04. The summed E-state index contributed by atoms with van der Waals surface area (Å²) < 4.78 is 0.947. The highest BCUT2D eigenvalue weighted by molar-refractivity contribution is 9.10. The second-order valence-electron chi connectivity index (χ2n) is 5.85. The van der Waals surface area contributed by atoms with Crippen LogP contribution in [-0.4, -0.2) is 24.9 Å². The van der Waals surface area contributed by atoms with Gasteiger partial charge in [0.25, 0.3) is 0 Å². The number of carbonyl (C=O) groups excluding carboxylic acids is 1. The highest BCUT2D eigenvalue weighted by Crippen LogP contribution is 2.33. The summed E-state index contributed by atoms with van der Waals surface area (Å²) in [4.78, 5) is 19.9. The minimum atomic E-state index is -0.0301. The van der Waals surface area contributed by atoms with Gasteiger partial charge in [-0.3, -0.25) is 4.79 Å². The van der Waals surface area contributed by atoms with Gasteiger partial charge in [0.05, 0.1) is 16.9 Å². The van der Waals surface area contributed by atoms with Gasteiger partial charge < -0.3 is 10.2 Å². The fraction of sp³-hybridized carbons (Fsp3) is 0.158. The maximum absolute atomic E-state index is 12.8. The number of benzene rings is 2. The first-order valence-corrected chi connectivity index (χ1v) is 9.42. The number of halogens is 1. The molecule has 4 nitrogen and oxygen atoms in total. The Morgan fingerprint density at radius 3 is 2.56 bits per heavy atom. The normalized spacial score (nSPS) is 10.6. The molecule has 1 aromatic heterocycles. The molecule has 0 radical (unpaired) electrons. The van der Waals surface area contributed by atoms with Gasteiger partial charge in [-0.25, -0.2) is 4.98 Å². The summed E-state index contributed by atoms with van der Waals surface area (Å²) in [5, 5.41) is 3.36. The Hall–Kier alpha value is -2.18. The second kappa shape index (κ2) is 7.37. The summed E-state index contributed by atoms with van der Waals surface area (Å²) in [6.07, 6.45) is 0. The number of rotatable bonds is 5. The molecule has 0 saturated carbocycles.